The molecule has 1 N–H and O–H groups in total. The van der Waals surface area contributed by atoms with Crippen molar-refractivity contribution in [2.24, 2.45) is 0 Å². The van der Waals surface area contributed by atoms with Crippen molar-refractivity contribution in [3.05, 3.63) is 120 Å². The van der Waals surface area contributed by atoms with Gasteiger partial charge < -0.3 is 19.3 Å². The molecule has 2 aromatic heterocycles. The van der Waals surface area contributed by atoms with Crippen LogP contribution in [0.5, 0.6) is 11.5 Å². The van der Waals surface area contributed by atoms with E-state index in [2.05, 4.69) is 12.1 Å². The number of thioether (sulfide) groups is 2. The summed E-state index contributed by atoms with van der Waals surface area (Å²) in [5.41, 5.74) is 6.07. The van der Waals surface area contributed by atoms with Gasteiger partial charge in [-0.2, -0.15) is 10.5 Å². The van der Waals surface area contributed by atoms with Crippen LogP contribution in [0, 0.1) is 22.7 Å². The lowest BCUT2D eigenvalue weighted by atomic mass is 10.0. The van der Waals surface area contributed by atoms with Gasteiger partial charge in [0, 0.05) is 33.7 Å². The number of benzene rings is 6. The van der Waals surface area contributed by atoms with E-state index < -0.39 is 15.5 Å². The second-order valence-corrected chi connectivity index (χ2v) is 18.2. The number of aliphatic carboxylic acids is 1. The zero-order valence-corrected chi connectivity index (χ0v) is 36.7. The molecule has 8 aromatic rings. The van der Waals surface area contributed by atoms with Crippen LogP contribution in [-0.2, 0) is 14.3 Å². The first-order valence-electron chi connectivity index (χ1n) is 19.5. The Labute approximate surface area is 366 Å². The summed E-state index contributed by atoms with van der Waals surface area (Å²) in [6.07, 6.45) is 0. The molecule has 0 saturated heterocycles. The number of carboxylic acids is 1. The SMILES string of the molecule is CCOC(=O)C(C)(C)Sc1nc2cc(OC)ccc2n1-c1ccc(C#N)c2ccccc12.COc1ccc2c(c1)nc(SC(C)(C)C(=O)O)n2-c1ccc(C#N)c2ccccc12. The molecule has 0 spiro atoms. The summed E-state index contributed by atoms with van der Waals surface area (Å²) in [6.45, 7) is 9.08. The van der Waals surface area contributed by atoms with Crippen LogP contribution in [0.15, 0.2) is 120 Å². The molecule has 12 nitrogen and oxygen atoms in total. The van der Waals surface area contributed by atoms with Crippen molar-refractivity contribution in [2.45, 2.75) is 54.4 Å². The van der Waals surface area contributed by atoms with Gasteiger partial charge in [-0.1, -0.05) is 72.1 Å². The van der Waals surface area contributed by atoms with E-state index in [9.17, 15) is 25.2 Å². The van der Waals surface area contributed by atoms with Crippen LogP contribution in [0.1, 0.15) is 45.7 Å². The number of methoxy groups -OCH3 is 2. The third kappa shape index (κ3) is 8.22. The minimum Gasteiger partial charge on any atom is -0.497 e. The minimum atomic E-state index is -1.08. The number of fused-ring (bicyclic) bond motifs is 4. The summed E-state index contributed by atoms with van der Waals surface area (Å²) in [5, 5.41) is 33.4. The minimum absolute atomic E-state index is 0.300. The lowest BCUT2D eigenvalue weighted by molar-refractivity contribution is -0.145. The smallest absolute Gasteiger partial charge is 0.322 e. The molecular weight excluding hydrogens is 821 g/mol. The highest BCUT2D eigenvalue weighted by Crippen LogP contribution is 2.41. The number of aromatic nitrogens is 4. The number of imidazole rings is 2. The van der Waals surface area contributed by atoms with Crippen molar-refractivity contribution >= 4 is 79.1 Å². The zero-order chi connectivity index (χ0) is 44.3. The van der Waals surface area contributed by atoms with Gasteiger partial charge in [-0.25, -0.2) is 9.97 Å². The Morgan fingerprint density at radius 2 is 1.06 bits per heavy atom. The number of hydrogen-bond donors (Lipinski definition) is 1. The fourth-order valence-corrected chi connectivity index (χ4v) is 8.94. The van der Waals surface area contributed by atoms with Crippen molar-refractivity contribution in [1.82, 2.24) is 19.1 Å². The second kappa shape index (κ2) is 17.5. The van der Waals surface area contributed by atoms with Gasteiger partial charge in [0.15, 0.2) is 10.3 Å². The molecular formula is C48H42N6O6S2. The zero-order valence-electron chi connectivity index (χ0n) is 35.1. The van der Waals surface area contributed by atoms with Gasteiger partial charge in [0.2, 0.25) is 0 Å². The molecule has 312 valence electrons. The van der Waals surface area contributed by atoms with E-state index in [0.29, 0.717) is 45.1 Å². The highest BCUT2D eigenvalue weighted by molar-refractivity contribution is 8.01. The third-order valence-corrected chi connectivity index (χ3v) is 12.4. The number of rotatable bonds is 11. The maximum absolute atomic E-state index is 12.6. The lowest BCUT2D eigenvalue weighted by Crippen LogP contribution is -2.30. The molecule has 0 unspecified atom stereocenters. The maximum atomic E-state index is 12.6. The first-order valence-corrected chi connectivity index (χ1v) is 21.1. The highest BCUT2D eigenvalue weighted by Gasteiger charge is 2.34. The number of hydrogen-bond acceptors (Lipinski definition) is 11. The molecule has 14 heteroatoms. The van der Waals surface area contributed by atoms with Crippen LogP contribution < -0.4 is 9.47 Å². The van der Waals surface area contributed by atoms with E-state index in [1.807, 2.05) is 126 Å². The second-order valence-electron chi connectivity index (χ2n) is 15.0. The average Bonchev–Trinajstić information content (AvgIpc) is 3.80. The Kier molecular flexibility index (Phi) is 12.2. The molecule has 0 bridgehead atoms. The molecule has 8 rings (SSSR count). The predicted octanol–water partition coefficient (Wildman–Crippen LogP) is 10.5. The van der Waals surface area contributed by atoms with Gasteiger partial charge >= 0.3 is 11.9 Å². The average molecular weight is 863 g/mol. The standard InChI is InChI=1S/C25H23N3O3S.C23H19N3O3S/c1-5-31-23(29)25(2,3)32-24-27-20-14-17(30-4)11-13-22(20)28(24)21-12-10-16(15-26)18-8-6-7-9-19(18)21;1-23(2,21(27)28)30-22-25-18-12-15(29-3)9-11-20(18)26(22)19-10-8-14(13-24)16-6-4-5-7-17(16)19/h6-14H,5H2,1-4H3;4-12H,1-3H3,(H,27,28). The van der Waals surface area contributed by atoms with E-state index in [1.54, 1.807) is 41.1 Å². The number of carbonyl (C=O) groups excluding carboxylic acids is 1. The summed E-state index contributed by atoms with van der Waals surface area (Å²) in [5.74, 6) is 0.151. The van der Waals surface area contributed by atoms with Gasteiger partial charge in [-0.05, 0) is 83.1 Å². The summed E-state index contributed by atoms with van der Waals surface area (Å²) in [4.78, 5) is 33.9. The van der Waals surface area contributed by atoms with Crippen molar-refractivity contribution in [2.75, 3.05) is 20.8 Å². The Bertz CT molecular complexity index is 3120. The van der Waals surface area contributed by atoms with E-state index >= 15 is 0 Å². The molecule has 0 aliphatic carbocycles. The molecule has 0 aliphatic heterocycles. The van der Waals surface area contributed by atoms with E-state index in [1.165, 1.54) is 23.5 Å². The van der Waals surface area contributed by atoms with Crippen LogP contribution in [-0.4, -0.2) is 66.5 Å². The Hall–Kier alpha value is -7.00. The molecule has 0 amide bonds. The van der Waals surface area contributed by atoms with Gasteiger partial charge in [-0.3, -0.25) is 18.7 Å². The van der Waals surface area contributed by atoms with E-state index in [0.717, 1.165) is 49.5 Å². The molecule has 0 atom stereocenters. The lowest BCUT2D eigenvalue weighted by Gasteiger charge is -2.22. The normalized spacial score (nSPS) is 11.5. The molecule has 0 fully saturated rings. The summed E-state index contributed by atoms with van der Waals surface area (Å²) < 4.78 is 18.1. The number of ether oxygens (including phenoxy) is 3. The summed E-state index contributed by atoms with van der Waals surface area (Å²) in [6, 6.07) is 38.7. The molecule has 0 saturated carbocycles. The number of nitriles is 2. The first-order chi connectivity index (χ1) is 29.7. The fraction of sp³-hybridized carbons (Fsp3) is 0.208. The number of esters is 1. The predicted molar refractivity (Wildman–Crippen MR) is 244 cm³/mol. The number of carboxylic acid groups (broad SMARTS) is 1. The van der Waals surface area contributed by atoms with Crippen LogP contribution in [0.3, 0.4) is 0 Å². The number of nitrogens with zero attached hydrogens (tertiary/aromatic N) is 6. The van der Waals surface area contributed by atoms with Crippen molar-refractivity contribution in [3.8, 4) is 35.0 Å². The monoisotopic (exact) mass is 862 g/mol. The maximum Gasteiger partial charge on any atom is 0.322 e. The van der Waals surface area contributed by atoms with E-state index in [-0.39, 0.29) is 5.97 Å². The quantitative estimate of drug-likeness (QED) is 0.0967. The molecule has 2 heterocycles. The fourth-order valence-electron chi connectivity index (χ4n) is 6.93. The Morgan fingerprint density at radius 1 is 0.645 bits per heavy atom. The third-order valence-electron chi connectivity index (χ3n) is 10.2. The summed E-state index contributed by atoms with van der Waals surface area (Å²) in [7, 11) is 3.21. The molecule has 0 aliphatic rings. The molecule has 6 aromatic carbocycles. The van der Waals surface area contributed by atoms with Crippen molar-refractivity contribution in [1.29, 1.82) is 10.5 Å². The van der Waals surface area contributed by atoms with Crippen LogP contribution in [0.25, 0.3) is 55.0 Å². The largest absolute Gasteiger partial charge is 0.497 e. The highest BCUT2D eigenvalue weighted by atomic mass is 32.2. The van der Waals surface area contributed by atoms with Gasteiger partial charge in [0.05, 0.1) is 77.5 Å². The van der Waals surface area contributed by atoms with Crippen LogP contribution >= 0.6 is 23.5 Å². The molecule has 0 radical (unpaired) electrons. The van der Waals surface area contributed by atoms with Crippen molar-refractivity contribution in [3.63, 3.8) is 0 Å². The Balaban J connectivity index is 0.000000187. The van der Waals surface area contributed by atoms with Crippen LogP contribution in [0.2, 0.25) is 0 Å². The number of carbonyl (C=O) groups is 2. The van der Waals surface area contributed by atoms with Crippen molar-refractivity contribution < 1.29 is 28.9 Å². The first kappa shape index (κ1) is 43.1. The van der Waals surface area contributed by atoms with Gasteiger partial charge in [-0.15, -0.1) is 0 Å². The molecule has 62 heavy (non-hydrogen) atoms. The van der Waals surface area contributed by atoms with E-state index in [4.69, 9.17) is 24.2 Å². The van der Waals surface area contributed by atoms with Gasteiger partial charge in [0.1, 0.15) is 21.0 Å². The Morgan fingerprint density at radius 3 is 1.45 bits per heavy atom. The van der Waals surface area contributed by atoms with Gasteiger partial charge in [0.25, 0.3) is 0 Å². The summed E-state index contributed by atoms with van der Waals surface area (Å²) >= 11 is 2.52. The van der Waals surface area contributed by atoms with Crippen LogP contribution in [0.4, 0.5) is 0 Å². The topological polar surface area (TPSA) is 165 Å².